The second-order valence-electron chi connectivity index (χ2n) is 6.09. The first kappa shape index (κ1) is 18.2. The topological polar surface area (TPSA) is 17.8 Å². The Morgan fingerprint density at radius 2 is 1.36 bits per heavy atom. The van der Waals surface area contributed by atoms with Crippen molar-refractivity contribution >= 4 is 21.9 Å². The minimum atomic E-state index is 0.428. The van der Waals surface area contributed by atoms with Gasteiger partial charge in [0.05, 0.1) is 5.52 Å². The van der Waals surface area contributed by atoms with Crippen molar-refractivity contribution in [2.45, 2.75) is 54.5 Å². The summed E-state index contributed by atoms with van der Waals surface area (Å²) in [7, 11) is 0. The molecular weight excluding hydrogens is 268 g/mol. The molecule has 2 heteroatoms. The van der Waals surface area contributed by atoms with Crippen LogP contribution in [0, 0.1) is 5.92 Å². The van der Waals surface area contributed by atoms with Crippen LogP contribution in [0.3, 0.4) is 0 Å². The summed E-state index contributed by atoms with van der Waals surface area (Å²) < 4.78 is 2.30. The molecule has 2 nitrogen and oxygen atoms in total. The van der Waals surface area contributed by atoms with E-state index in [-0.39, 0.29) is 0 Å². The van der Waals surface area contributed by atoms with Crippen molar-refractivity contribution in [3.63, 3.8) is 0 Å². The zero-order chi connectivity index (χ0) is 16.7. The second kappa shape index (κ2) is 8.57. The molecule has 0 radical (unpaired) electrons. The number of aromatic nitrogens is 2. The van der Waals surface area contributed by atoms with Gasteiger partial charge in [-0.2, -0.15) is 0 Å². The number of benzene rings is 1. The number of rotatable bonds is 1. The van der Waals surface area contributed by atoms with Crippen molar-refractivity contribution in [2.24, 2.45) is 5.92 Å². The molecule has 3 aromatic rings. The predicted molar refractivity (Wildman–Crippen MR) is 99.5 cm³/mol. The summed E-state index contributed by atoms with van der Waals surface area (Å²) in [5, 5.41) is 2.53. The van der Waals surface area contributed by atoms with Crippen LogP contribution in [0.25, 0.3) is 21.9 Å². The lowest BCUT2D eigenvalue weighted by Gasteiger charge is -2.09. The van der Waals surface area contributed by atoms with E-state index in [1.165, 1.54) is 16.3 Å². The third kappa shape index (κ3) is 4.09. The summed E-state index contributed by atoms with van der Waals surface area (Å²) in [5.74, 6) is 0.833. The first-order valence-electron chi connectivity index (χ1n) is 8.36. The molecule has 0 unspecified atom stereocenters. The van der Waals surface area contributed by atoms with Crippen LogP contribution in [0.5, 0.6) is 0 Å². The smallest absolute Gasteiger partial charge is 0.141 e. The molecule has 3 rings (SSSR count). The quantitative estimate of drug-likeness (QED) is 0.504. The van der Waals surface area contributed by atoms with Crippen LogP contribution in [0.1, 0.15) is 54.5 Å². The van der Waals surface area contributed by atoms with Crippen LogP contribution in [0.4, 0.5) is 0 Å². The number of pyridine rings is 1. The standard InChI is InChI=1S/C14H14N2.C4H10.C2H6/c1-10(2)16-13-8-4-3-6-11(13)12-7-5-9-15-14(12)16;1-4(2)3;1-2/h3-10H,1-2H3;4H,1-3H3;1-2H3. The molecule has 0 spiro atoms. The number of nitrogens with zero attached hydrogens (tertiary/aromatic N) is 2. The molecule has 0 aliphatic rings. The van der Waals surface area contributed by atoms with Gasteiger partial charge in [-0.25, -0.2) is 4.98 Å². The van der Waals surface area contributed by atoms with E-state index in [0.29, 0.717) is 6.04 Å². The van der Waals surface area contributed by atoms with Gasteiger partial charge in [0.15, 0.2) is 0 Å². The van der Waals surface area contributed by atoms with Gasteiger partial charge in [0.1, 0.15) is 5.65 Å². The van der Waals surface area contributed by atoms with E-state index in [0.717, 1.165) is 11.6 Å². The summed E-state index contributed by atoms with van der Waals surface area (Å²) in [6, 6.07) is 13.1. The normalized spacial score (nSPS) is 10.4. The fourth-order valence-corrected chi connectivity index (χ4v) is 2.35. The zero-order valence-electron chi connectivity index (χ0n) is 15.1. The Bertz CT molecular complexity index is 637. The molecule has 0 amide bonds. The number of fused-ring (bicyclic) bond motifs is 3. The molecule has 0 N–H and O–H groups in total. The summed E-state index contributed by atoms with van der Waals surface area (Å²) >= 11 is 0. The first-order chi connectivity index (χ1) is 10.5. The summed E-state index contributed by atoms with van der Waals surface area (Å²) in [4.78, 5) is 4.50. The van der Waals surface area contributed by atoms with Crippen molar-refractivity contribution in [1.29, 1.82) is 0 Å². The monoisotopic (exact) mass is 298 g/mol. The Labute approximate surface area is 135 Å². The molecule has 0 aliphatic heterocycles. The predicted octanol–water partition coefficient (Wildman–Crippen LogP) is 6.46. The van der Waals surface area contributed by atoms with Gasteiger partial charge in [-0.15, -0.1) is 0 Å². The van der Waals surface area contributed by atoms with E-state index in [2.05, 4.69) is 74.5 Å². The van der Waals surface area contributed by atoms with Gasteiger partial charge >= 0.3 is 0 Å². The van der Waals surface area contributed by atoms with Crippen molar-refractivity contribution < 1.29 is 0 Å². The Kier molecular flexibility index (Phi) is 7.10. The van der Waals surface area contributed by atoms with Gasteiger partial charge in [-0.3, -0.25) is 0 Å². The van der Waals surface area contributed by atoms with Crippen LogP contribution in [-0.2, 0) is 0 Å². The molecule has 0 bridgehead atoms. The lowest BCUT2D eigenvalue weighted by Crippen LogP contribution is -2.00. The highest BCUT2D eigenvalue weighted by atomic mass is 15.1. The van der Waals surface area contributed by atoms with E-state index in [1.807, 2.05) is 26.1 Å². The van der Waals surface area contributed by atoms with Crippen molar-refractivity contribution in [3.05, 3.63) is 42.6 Å². The maximum atomic E-state index is 4.50. The number of hydrogen-bond donors (Lipinski definition) is 0. The maximum Gasteiger partial charge on any atom is 0.141 e. The van der Waals surface area contributed by atoms with Gasteiger partial charge in [0, 0.05) is 23.0 Å². The molecule has 1 aromatic carbocycles. The molecule has 0 fully saturated rings. The average Bonchev–Trinajstić information content (AvgIpc) is 2.83. The van der Waals surface area contributed by atoms with E-state index < -0.39 is 0 Å². The lowest BCUT2D eigenvalue weighted by molar-refractivity contribution is 0.637. The van der Waals surface area contributed by atoms with E-state index >= 15 is 0 Å². The highest BCUT2D eigenvalue weighted by molar-refractivity contribution is 6.06. The van der Waals surface area contributed by atoms with Gasteiger partial charge < -0.3 is 4.57 Å². The average molecular weight is 298 g/mol. The third-order valence-electron chi connectivity index (χ3n) is 2.99. The van der Waals surface area contributed by atoms with Gasteiger partial charge in [-0.1, -0.05) is 52.8 Å². The summed E-state index contributed by atoms with van der Waals surface area (Å²) in [6.07, 6.45) is 1.86. The minimum absolute atomic E-state index is 0.428. The van der Waals surface area contributed by atoms with Crippen LogP contribution < -0.4 is 0 Å². The van der Waals surface area contributed by atoms with Crippen molar-refractivity contribution in [2.75, 3.05) is 0 Å². The fraction of sp³-hybridized carbons (Fsp3) is 0.450. The highest BCUT2D eigenvalue weighted by Gasteiger charge is 2.12. The largest absolute Gasteiger partial charge is 0.323 e. The maximum absolute atomic E-state index is 4.50. The second-order valence-corrected chi connectivity index (χ2v) is 6.09. The van der Waals surface area contributed by atoms with Crippen LogP contribution >= 0.6 is 0 Å². The summed E-state index contributed by atoms with van der Waals surface area (Å²) in [6.45, 7) is 14.9. The molecular formula is C20H30N2. The fourth-order valence-electron chi connectivity index (χ4n) is 2.35. The van der Waals surface area contributed by atoms with Crippen molar-refractivity contribution in [3.8, 4) is 0 Å². The molecule has 120 valence electrons. The molecule has 0 atom stereocenters. The zero-order valence-corrected chi connectivity index (χ0v) is 15.1. The number of hydrogen-bond acceptors (Lipinski definition) is 1. The lowest BCUT2D eigenvalue weighted by atomic mass is 10.2. The molecule has 0 saturated carbocycles. The Hall–Kier alpha value is -1.83. The van der Waals surface area contributed by atoms with Gasteiger partial charge in [0.25, 0.3) is 0 Å². The molecule has 22 heavy (non-hydrogen) atoms. The number of para-hydroxylation sites is 1. The van der Waals surface area contributed by atoms with Crippen molar-refractivity contribution in [1.82, 2.24) is 9.55 Å². The molecule has 0 saturated heterocycles. The molecule has 0 aliphatic carbocycles. The Morgan fingerprint density at radius 3 is 1.95 bits per heavy atom. The first-order valence-corrected chi connectivity index (χ1v) is 8.36. The SMILES string of the molecule is CC.CC(C)C.CC(C)n1c2ccccc2c2cccnc21. The molecule has 2 aromatic heterocycles. The van der Waals surface area contributed by atoms with Gasteiger partial charge in [0.2, 0.25) is 0 Å². The van der Waals surface area contributed by atoms with E-state index in [4.69, 9.17) is 0 Å². The molecule has 2 heterocycles. The Balaban J connectivity index is 0.000000354. The van der Waals surface area contributed by atoms with E-state index in [9.17, 15) is 0 Å². The van der Waals surface area contributed by atoms with Crippen LogP contribution in [0.15, 0.2) is 42.6 Å². The third-order valence-corrected chi connectivity index (χ3v) is 2.99. The van der Waals surface area contributed by atoms with Gasteiger partial charge in [-0.05, 0) is 38.0 Å². The Morgan fingerprint density at radius 1 is 0.818 bits per heavy atom. The minimum Gasteiger partial charge on any atom is -0.323 e. The summed E-state index contributed by atoms with van der Waals surface area (Å²) in [5.41, 5.74) is 2.35. The highest BCUT2D eigenvalue weighted by Crippen LogP contribution is 2.29. The van der Waals surface area contributed by atoms with E-state index in [1.54, 1.807) is 0 Å². The van der Waals surface area contributed by atoms with Crippen LogP contribution in [0.2, 0.25) is 0 Å². The van der Waals surface area contributed by atoms with Crippen LogP contribution in [-0.4, -0.2) is 9.55 Å².